The van der Waals surface area contributed by atoms with Gasteiger partial charge in [-0.3, -0.25) is 4.79 Å². The van der Waals surface area contributed by atoms with Gasteiger partial charge in [0, 0.05) is 10.4 Å². The highest BCUT2D eigenvalue weighted by atomic mass is 35.5. The summed E-state index contributed by atoms with van der Waals surface area (Å²) in [6.45, 7) is 1.71. The molecule has 30 heavy (non-hydrogen) atoms. The number of ether oxygens (including phenoxy) is 2. The maximum atomic E-state index is 12.8. The van der Waals surface area contributed by atoms with Gasteiger partial charge in [0.15, 0.2) is 11.9 Å². The quantitative estimate of drug-likeness (QED) is 0.380. The van der Waals surface area contributed by atoms with Crippen molar-refractivity contribution in [2.45, 2.75) is 13.0 Å². The third-order valence-corrected chi connectivity index (χ3v) is 4.83. The number of hydrogen-bond acceptors (Lipinski definition) is 3. The molecule has 0 radical (unpaired) electrons. The summed E-state index contributed by atoms with van der Waals surface area (Å²) in [5.74, 6) is 1.51. The topological polar surface area (TPSA) is 47.6 Å². The first-order valence-corrected chi connectivity index (χ1v) is 9.96. The predicted molar refractivity (Wildman–Crippen MR) is 121 cm³/mol. The maximum Gasteiger partial charge on any atom is 0.265 e. The Morgan fingerprint density at radius 3 is 2.43 bits per heavy atom. The summed E-state index contributed by atoms with van der Waals surface area (Å²) in [5, 5.41) is 5.37. The molecule has 1 N–H and O–H groups in total. The van der Waals surface area contributed by atoms with Gasteiger partial charge in [-0.25, -0.2) is 0 Å². The van der Waals surface area contributed by atoms with Gasteiger partial charge in [-0.15, -0.1) is 0 Å². The second-order valence-electron chi connectivity index (χ2n) is 6.78. The van der Waals surface area contributed by atoms with Crippen LogP contribution in [0.4, 0.5) is 5.69 Å². The van der Waals surface area contributed by atoms with Gasteiger partial charge < -0.3 is 14.8 Å². The molecule has 0 saturated heterocycles. The second-order valence-corrected chi connectivity index (χ2v) is 7.22. The molecule has 0 aliphatic heterocycles. The zero-order chi connectivity index (χ0) is 20.9. The molecule has 150 valence electrons. The molecule has 1 amide bonds. The second kappa shape index (κ2) is 8.89. The van der Waals surface area contributed by atoms with Crippen molar-refractivity contribution < 1.29 is 14.3 Å². The maximum absolute atomic E-state index is 12.8. The Morgan fingerprint density at radius 1 is 0.867 bits per heavy atom. The molecule has 0 bridgehead atoms. The van der Waals surface area contributed by atoms with Gasteiger partial charge in [0.2, 0.25) is 0 Å². The van der Waals surface area contributed by atoms with Crippen LogP contribution >= 0.6 is 11.6 Å². The van der Waals surface area contributed by atoms with E-state index in [4.69, 9.17) is 21.1 Å². The monoisotopic (exact) mass is 417 g/mol. The fraction of sp³-hybridized carbons (Fsp3) is 0.0800. The molecule has 0 saturated carbocycles. The standard InChI is InChI=1S/C25H20ClNO3/c1-17(29-23-13-7-9-18-8-5-6-12-21(18)23)25(28)27-22-16-19(26)14-15-24(22)30-20-10-3-2-4-11-20/h2-17H,1H3,(H,27,28)/t17-/m0/s1. The summed E-state index contributed by atoms with van der Waals surface area (Å²) in [4.78, 5) is 12.8. The molecule has 0 aromatic heterocycles. The van der Waals surface area contributed by atoms with Crippen LogP contribution in [0.2, 0.25) is 5.02 Å². The van der Waals surface area contributed by atoms with Crippen molar-refractivity contribution in [2.24, 2.45) is 0 Å². The van der Waals surface area contributed by atoms with Crippen molar-refractivity contribution in [3.63, 3.8) is 0 Å². The number of carbonyl (C=O) groups is 1. The Hall–Kier alpha value is -3.50. The molecular formula is C25H20ClNO3. The van der Waals surface area contributed by atoms with E-state index in [0.717, 1.165) is 10.8 Å². The molecule has 4 nitrogen and oxygen atoms in total. The van der Waals surface area contributed by atoms with Crippen LogP contribution in [0, 0.1) is 0 Å². The molecule has 1 atom stereocenters. The molecule has 4 aromatic rings. The molecule has 0 fully saturated rings. The molecule has 0 spiro atoms. The van der Waals surface area contributed by atoms with E-state index in [0.29, 0.717) is 28.0 Å². The molecule has 4 aromatic carbocycles. The van der Waals surface area contributed by atoms with Crippen LogP contribution in [0.25, 0.3) is 10.8 Å². The van der Waals surface area contributed by atoms with Crippen molar-refractivity contribution in [3.8, 4) is 17.2 Å². The lowest BCUT2D eigenvalue weighted by molar-refractivity contribution is -0.122. The van der Waals surface area contributed by atoms with E-state index in [-0.39, 0.29) is 5.91 Å². The minimum absolute atomic E-state index is 0.303. The Labute approximate surface area is 180 Å². The van der Waals surface area contributed by atoms with Gasteiger partial charge >= 0.3 is 0 Å². The van der Waals surface area contributed by atoms with Crippen molar-refractivity contribution >= 4 is 34.0 Å². The van der Waals surface area contributed by atoms with Gasteiger partial charge in [0.05, 0.1) is 5.69 Å². The first kappa shape index (κ1) is 19.8. The molecule has 0 unspecified atom stereocenters. The predicted octanol–water partition coefficient (Wildman–Crippen LogP) is 6.69. The summed E-state index contributed by atoms with van der Waals surface area (Å²) >= 11 is 6.14. The van der Waals surface area contributed by atoms with E-state index in [9.17, 15) is 4.79 Å². The van der Waals surface area contributed by atoms with Crippen LogP contribution in [0.3, 0.4) is 0 Å². The molecular weight excluding hydrogens is 398 g/mol. The molecule has 0 heterocycles. The lowest BCUT2D eigenvalue weighted by atomic mass is 10.1. The summed E-state index contributed by atoms with van der Waals surface area (Å²) < 4.78 is 11.9. The normalized spacial score (nSPS) is 11.7. The third kappa shape index (κ3) is 4.56. The number of halogens is 1. The van der Waals surface area contributed by atoms with E-state index in [2.05, 4.69) is 5.32 Å². The van der Waals surface area contributed by atoms with Gasteiger partial charge in [0.25, 0.3) is 5.91 Å². The van der Waals surface area contributed by atoms with Crippen molar-refractivity contribution in [2.75, 3.05) is 5.32 Å². The van der Waals surface area contributed by atoms with E-state index >= 15 is 0 Å². The minimum Gasteiger partial charge on any atom is -0.480 e. The van der Waals surface area contributed by atoms with Gasteiger partial charge in [-0.2, -0.15) is 0 Å². The molecule has 5 heteroatoms. The van der Waals surface area contributed by atoms with Crippen LogP contribution in [0.1, 0.15) is 6.92 Å². The number of fused-ring (bicyclic) bond motifs is 1. The van der Waals surface area contributed by atoms with Crippen LogP contribution in [0.5, 0.6) is 17.2 Å². The average Bonchev–Trinajstić information content (AvgIpc) is 2.76. The van der Waals surface area contributed by atoms with E-state index in [1.807, 2.05) is 72.8 Å². The van der Waals surface area contributed by atoms with Crippen molar-refractivity contribution in [3.05, 3.63) is 96.0 Å². The zero-order valence-electron chi connectivity index (χ0n) is 16.3. The number of nitrogens with one attached hydrogen (secondary N) is 1. The molecule has 0 aliphatic carbocycles. The summed E-state index contributed by atoms with van der Waals surface area (Å²) in [7, 11) is 0. The van der Waals surface area contributed by atoms with Crippen molar-refractivity contribution in [1.29, 1.82) is 0 Å². The lowest BCUT2D eigenvalue weighted by Crippen LogP contribution is -2.30. The number of amides is 1. The number of para-hydroxylation sites is 1. The zero-order valence-corrected chi connectivity index (χ0v) is 17.1. The largest absolute Gasteiger partial charge is 0.480 e. The van der Waals surface area contributed by atoms with Crippen LogP contribution in [-0.4, -0.2) is 12.0 Å². The Bertz CT molecular complexity index is 1170. The highest BCUT2D eigenvalue weighted by Crippen LogP contribution is 2.32. The number of rotatable bonds is 6. The highest BCUT2D eigenvalue weighted by Gasteiger charge is 2.18. The Balaban J connectivity index is 1.52. The lowest BCUT2D eigenvalue weighted by Gasteiger charge is -2.18. The van der Waals surface area contributed by atoms with Gasteiger partial charge in [-0.1, -0.05) is 66.2 Å². The van der Waals surface area contributed by atoms with Gasteiger partial charge in [-0.05, 0) is 48.7 Å². The number of benzene rings is 4. The Morgan fingerprint density at radius 2 is 1.60 bits per heavy atom. The Kier molecular flexibility index (Phi) is 5.87. The van der Waals surface area contributed by atoms with Crippen LogP contribution in [0.15, 0.2) is 91.0 Å². The number of carbonyl (C=O) groups excluding carboxylic acids is 1. The minimum atomic E-state index is -0.723. The van der Waals surface area contributed by atoms with Crippen LogP contribution in [-0.2, 0) is 4.79 Å². The SMILES string of the molecule is C[C@H](Oc1cccc2ccccc12)C(=O)Nc1cc(Cl)ccc1Oc1ccccc1. The first-order valence-electron chi connectivity index (χ1n) is 9.58. The van der Waals surface area contributed by atoms with E-state index in [1.54, 1.807) is 25.1 Å². The molecule has 0 aliphatic rings. The smallest absolute Gasteiger partial charge is 0.265 e. The fourth-order valence-electron chi connectivity index (χ4n) is 3.08. The first-order chi connectivity index (χ1) is 14.6. The molecule has 4 rings (SSSR count). The summed E-state index contributed by atoms with van der Waals surface area (Å²) in [6.07, 6.45) is -0.723. The van der Waals surface area contributed by atoms with Crippen molar-refractivity contribution in [1.82, 2.24) is 0 Å². The van der Waals surface area contributed by atoms with E-state index < -0.39 is 6.10 Å². The number of anilines is 1. The highest BCUT2D eigenvalue weighted by molar-refractivity contribution is 6.31. The summed E-state index contributed by atoms with van der Waals surface area (Å²) in [6, 6.07) is 28.1. The van der Waals surface area contributed by atoms with Crippen LogP contribution < -0.4 is 14.8 Å². The average molecular weight is 418 g/mol. The summed E-state index contributed by atoms with van der Waals surface area (Å²) in [5.41, 5.74) is 0.477. The third-order valence-electron chi connectivity index (χ3n) is 4.59. The van der Waals surface area contributed by atoms with E-state index in [1.165, 1.54) is 0 Å². The van der Waals surface area contributed by atoms with Gasteiger partial charge in [0.1, 0.15) is 11.5 Å². The fourth-order valence-corrected chi connectivity index (χ4v) is 3.25. The number of hydrogen-bond donors (Lipinski definition) is 1.